The maximum absolute atomic E-state index is 14.6. The molecule has 0 atom stereocenters. The topological polar surface area (TPSA) is 49.3 Å². The number of carboxylic acid groups (broad SMARTS) is 1. The summed E-state index contributed by atoms with van der Waals surface area (Å²) in [6.45, 7) is 5.48. The van der Waals surface area contributed by atoms with Crippen molar-refractivity contribution in [2.24, 2.45) is 0 Å². The van der Waals surface area contributed by atoms with Gasteiger partial charge in [-0.25, -0.2) is 9.18 Å². The second kappa shape index (κ2) is 7.95. The van der Waals surface area contributed by atoms with Gasteiger partial charge in [-0.2, -0.15) is 0 Å². The minimum atomic E-state index is -0.927. The van der Waals surface area contributed by atoms with Gasteiger partial charge >= 0.3 is 5.97 Å². The lowest BCUT2D eigenvalue weighted by molar-refractivity contribution is -0.132. The lowest BCUT2D eigenvalue weighted by Crippen LogP contribution is -2.15. The first-order chi connectivity index (χ1) is 12.8. The number of halogens is 1. The minimum Gasteiger partial charge on any atom is -0.478 e. The van der Waals surface area contributed by atoms with Crippen molar-refractivity contribution in [3.05, 3.63) is 58.4 Å². The Labute approximate surface area is 159 Å². The second-order valence-electron chi connectivity index (χ2n) is 7.48. The monoisotopic (exact) mass is 367 g/mol. The van der Waals surface area contributed by atoms with Crippen LogP contribution in [0.15, 0.2) is 35.9 Å². The van der Waals surface area contributed by atoms with E-state index in [0.29, 0.717) is 17.3 Å². The maximum Gasteiger partial charge on any atom is 0.331 e. The highest BCUT2D eigenvalue weighted by Crippen LogP contribution is 2.31. The zero-order valence-electron chi connectivity index (χ0n) is 16.1. The van der Waals surface area contributed by atoms with Gasteiger partial charge in [0.1, 0.15) is 5.82 Å². The molecule has 0 aromatic heterocycles. The van der Waals surface area contributed by atoms with Crippen molar-refractivity contribution in [3.8, 4) is 11.1 Å². The average Bonchev–Trinajstić information content (AvgIpc) is 3.12. The fraction of sp³-hybridized carbons (Fsp3) is 0.348. The van der Waals surface area contributed by atoms with Crippen molar-refractivity contribution in [3.63, 3.8) is 0 Å². The van der Waals surface area contributed by atoms with E-state index in [1.54, 1.807) is 19.1 Å². The molecular weight excluding hydrogens is 341 g/mol. The van der Waals surface area contributed by atoms with Crippen LogP contribution in [0.4, 0.5) is 10.1 Å². The molecule has 0 heterocycles. The van der Waals surface area contributed by atoms with Gasteiger partial charge in [0, 0.05) is 11.6 Å². The first-order valence-corrected chi connectivity index (χ1v) is 9.44. The molecule has 1 saturated carbocycles. The predicted molar refractivity (Wildman–Crippen MR) is 108 cm³/mol. The van der Waals surface area contributed by atoms with Crippen LogP contribution >= 0.6 is 0 Å². The third-order valence-corrected chi connectivity index (χ3v) is 5.32. The molecule has 3 rings (SSSR count). The van der Waals surface area contributed by atoms with Gasteiger partial charge in [0.15, 0.2) is 0 Å². The van der Waals surface area contributed by atoms with E-state index < -0.39 is 5.97 Å². The summed E-state index contributed by atoms with van der Waals surface area (Å²) in [5.74, 6) is -1.16. The summed E-state index contributed by atoms with van der Waals surface area (Å²) in [6.07, 6.45) is 6.29. The molecule has 0 aliphatic heterocycles. The molecule has 1 aliphatic carbocycles. The summed E-state index contributed by atoms with van der Waals surface area (Å²) >= 11 is 0. The molecule has 0 spiro atoms. The van der Waals surface area contributed by atoms with Crippen molar-refractivity contribution < 1.29 is 14.3 Å². The van der Waals surface area contributed by atoms with Crippen LogP contribution in [0.2, 0.25) is 0 Å². The Morgan fingerprint density at radius 3 is 2.48 bits per heavy atom. The summed E-state index contributed by atoms with van der Waals surface area (Å²) < 4.78 is 14.6. The van der Waals surface area contributed by atoms with E-state index in [0.717, 1.165) is 40.7 Å². The van der Waals surface area contributed by atoms with Crippen molar-refractivity contribution >= 4 is 17.7 Å². The molecule has 0 unspecified atom stereocenters. The number of hydrogen-bond acceptors (Lipinski definition) is 2. The number of aliphatic carboxylic acids is 1. The summed E-state index contributed by atoms with van der Waals surface area (Å²) in [4.78, 5) is 11.1. The molecule has 0 radical (unpaired) electrons. The third kappa shape index (κ3) is 4.38. The zero-order valence-corrected chi connectivity index (χ0v) is 16.1. The molecule has 4 heteroatoms. The zero-order chi connectivity index (χ0) is 19.6. The van der Waals surface area contributed by atoms with E-state index in [9.17, 15) is 9.18 Å². The maximum atomic E-state index is 14.6. The molecular formula is C23H26FNO2. The smallest absolute Gasteiger partial charge is 0.331 e. The Morgan fingerprint density at radius 1 is 1.15 bits per heavy atom. The summed E-state index contributed by atoms with van der Waals surface area (Å²) in [6, 6.07) is 9.67. The highest BCUT2D eigenvalue weighted by atomic mass is 19.1. The van der Waals surface area contributed by atoms with E-state index in [2.05, 4.69) is 5.32 Å². The van der Waals surface area contributed by atoms with Gasteiger partial charge in [0.25, 0.3) is 0 Å². The van der Waals surface area contributed by atoms with Crippen LogP contribution in [0.1, 0.15) is 49.3 Å². The molecule has 27 heavy (non-hydrogen) atoms. The minimum absolute atomic E-state index is 0.234. The second-order valence-corrected chi connectivity index (χ2v) is 7.48. The average molecular weight is 367 g/mol. The van der Waals surface area contributed by atoms with Gasteiger partial charge in [-0.1, -0.05) is 31.0 Å². The first-order valence-electron chi connectivity index (χ1n) is 9.44. The van der Waals surface area contributed by atoms with Gasteiger partial charge in [-0.05, 0) is 79.6 Å². The molecule has 0 amide bonds. The van der Waals surface area contributed by atoms with E-state index in [1.807, 2.05) is 38.1 Å². The van der Waals surface area contributed by atoms with Crippen LogP contribution in [-0.2, 0) is 4.79 Å². The largest absolute Gasteiger partial charge is 0.478 e. The molecule has 3 nitrogen and oxygen atoms in total. The highest BCUT2D eigenvalue weighted by molar-refractivity contribution is 5.92. The van der Waals surface area contributed by atoms with Crippen LogP contribution in [0.5, 0.6) is 0 Å². The normalized spacial score (nSPS) is 15.2. The van der Waals surface area contributed by atoms with Gasteiger partial charge in [-0.15, -0.1) is 0 Å². The lowest BCUT2D eigenvalue weighted by Gasteiger charge is -2.16. The van der Waals surface area contributed by atoms with Crippen LogP contribution in [0.25, 0.3) is 17.2 Å². The van der Waals surface area contributed by atoms with Gasteiger partial charge in [0.2, 0.25) is 0 Å². The van der Waals surface area contributed by atoms with E-state index in [1.165, 1.54) is 12.8 Å². The molecule has 2 N–H and O–H groups in total. The SMILES string of the molecule is CC(=Cc1cc(C)c(-c2ccc(NC3CCCC3)c(F)c2)cc1C)C(=O)O. The Balaban J connectivity index is 1.89. The molecule has 0 bridgehead atoms. The van der Waals surface area contributed by atoms with Crippen LogP contribution in [0, 0.1) is 19.7 Å². The molecule has 0 saturated heterocycles. The Kier molecular flexibility index (Phi) is 5.64. The Hall–Kier alpha value is -2.62. The van der Waals surface area contributed by atoms with Crippen molar-refractivity contribution in [1.29, 1.82) is 0 Å². The van der Waals surface area contributed by atoms with Crippen LogP contribution in [0.3, 0.4) is 0 Å². The van der Waals surface area contributed by atoms with Gasteiger partial charge in [-0.3, -0.25) is 0 Å². The van der Waals surface area contributed by atoms with Crippen LogP contribution in [-0.4, -0.2) is 17.1 Å². The highest BCUT2D eigenvalue weighted by Gasteiger charge is 2.17. The first kappa shape index (κ1) is 19.2. The molecule has 1 aliphatic rings. The van der Waals surface area contributed by atoms with Gasteiger partial charge < -0.3 is 10.4 Å². The third-order valence-electron chi connectivity index (χ3n) is 5.32. The number of rotatable bonds is 5. The number of carboxylic acids is 1. The molecule has 2 aromatic rings. The summed E-state index contributed by atoms with van der Waals surface area (Å²) in [7, 11) is 0. The number of carbonyl (C=O) groups is 1. The Bertz CT molecular complexity index is 895. The number of aryl methyl sites for hydroxylation is 2. The molecule has 2 aromatic carbocycles. The molecule has 1 fully saturated rings. The van der Waals surface area contributed by atoms with E-state index >= 15 is 0 Å². The van der Waals surface area contributed by atoms with E-state index in [4.69, 9.17) is 5.11 Å². The number of benzene rings is 2. The summed E-state index contributed by atoms with van der Waals surface area (Å²) in [5, 5.41) is 12.4. The fourth-order valence-electron chi connectivity index (χ4n) is 3.69. The number of nitrogens with one attached hydrogen (secondary N) is 1. The van der Waals surface area contributed by atoms with Crippen molar-refractivity contribution in [2.45, 2.75) is 52.5 Å². The lowest BCUT2D eigenvalue weighted by atomic mass is 9.94. The quantitative estimate of drug-likeness (QED) is 0.642. The number of anilines is 1. The van der Waals surface area contributed by atoms with Crippen molar-refractivity contribution in [1.82, 2.24) is 0 Å². The summed E-state index contributed by atoms with van der Waals surface area (Å²) in [5.41, 5.74) is 5.47. The van der Waals surface area contributed by atoms with E-state index in [-0.39, 0.29) is 5.82 Å². The van der Waals surface area contributed by atoms with Crippen molar-refractivity contribution in [2.75, 3.05) is 5.32 Å². The predicted octanol–water partition coefficient (Wildman–Crippen LogP) is 5.95. The van der Waals surface area contributed by atoms with Crippen LogP contribution < -0.4 is 5.32 Å². The number of hydrogen-bond donors (Lipinski definition) is 2. The standard InChI is InChI=1S/C23H26FNO2/c1-14-12-20(15(2)10-18(14)11-16(3)23(26)27)17-8-9-22(21(24)13-17)25-19-6-4-5-7-19/h8-13,19,25H,4-7H2,1-3H3,(H,26,27). The fourth-order valence-corrected chi connectivity index (χ4v) is 3.69. The van der Waals surface area contributed by atoms with Gasteiger partial charge in [0.05, 0.1) is 5.69 Å². The Morgan fingerprint density at radius 2 is 1.85 bits per heavy atom. The molecule has 142 valence electrons.